The molecule has 17 heavy (non-hydrogen) atoms. The molecule has 6 heteroatoms. The maximum absolute atomic E-state index is 13.5. The second kappa shape index (κ2) is 4.67. The van der Waals surface area contributed by atoms with E-state index in [2.05, 4.69) is 26.4 Å². The fraction of sp³-hybridized carbons (Fsp3) is 0.0909. The molecule has 0 spiro atoms. The van der Waals surface area contributed by atoms with Crippen molar-refractivity contribution < 1.29 is 13.7 Å². The van der Waals surface area contributed by atoms with Crippen LogP contribution < -0.4 is 5.32 Å². The maximum atomic E-state index is 13.5. The highest BCUT2D eigenvalue weighted by atomic mass is 79.9. The third kappa shape index (κ3) is 2.71. The molecule has 0 saturated carbocycles. The molecule has 0 aliphatic carbocycles. The van der Waals surface area contributed by atoms with Crippen LogP contribution in [0.3, 0.4) is 0 Å². The Labute approximate surface area is 105 Å². The molecular weight excluding hydrogens is 291 g/mol. The van der Waals surface area contributed by atoms with Crippen molar-refractivity contribution in [3.8, 4) is 0 Å². The van der Waals surface area contributed by atoms with Gasteiger partial charge in [-0.05, 0) is 25.1 Å². The zero-order valence-corrected chi connectivity index (χ0v) is 10.4. The van der Waals surface area contributed by atoms with E-state index in [1.807, 2.05) is 0 Å². The van der Waals surface area contributed by atoms with Crippen LogP contribution in [0.1, 0.15) is 16.1 Å². The summed E-state index contributed by atoms with van der Waals surface area (Å²) in [6.07, 6.45) is 0. The van der Waals surface area contributed by atoms with E-state index in [0.717, 1.165) is 0 Å². The lowest BCUT2D eigenvalue weighted by molar-refractivity contribution is 0.102. The largest absolute Gasteiger partial charge is 0.338 e. The Morgan fingerprint density at radius 1 is 1.47 bits per heavy atom. The van der Waals surface area contributed by atoms with Crippen molar-refractivity contribution in [1.29, 1.82) is 0 Å². The Hall–Kier alpha value is -1.69. The van der Waals surface area contributed by atoms with Gasteiger partial charge in [-0.3, -0.25) is 10.1 Å². The smallest absolute Gasteiger partial charge is 0.261 e. The maximum Gasteiger partial charge on any atom is 0.261 e. The molecule has 0 aliphatic heterocycles. The number of carbonyl (C=O) groups is 1. The van der Waals surface area contributed by atoms with Gasteiger partial charge in [0.15, 0.2) is 0 Å². The number of hydrogen-bond acceptors (Lipinski definition) is 3. The molecule has 1 aromatic heterocycles. The van der Waals surface area contributed by atoms with Crippen molar-refractivity contribution in [2.75, 3.05) is 5.32 Å². The molecule has 1 heterocycles. The molecular formula is C11H8BrFN2O2. The number of anilines is 1. The number of hydrogen-bond donors (Lipinski definition) is 1. The van der Waals surface area contributed by atoms with E-state index in [1.165, 1.54) is 12.1 Å². The lowest BCUT2D eigenvalue weighted by atomic mass is 10.2. The zero-order valence-electron chi connectivity index (χ0n) is 8.83. The van der Waals surface area contributed by atoms with Crippen LogP contribution in [0.25, 0.3) is 0 Å². The third-order valence-corrected chi connectivity index (χ3v) is 2.53. The average Bonchev–Trinajstić information content (AvgIpc) is 2.63. The van der Waals surface area contributed by atoms with Gasteiger partial charge in [-0.2, -0.15) is 0 Å². The van der Waals surface area contributed by atoms with Gasteiger partial charge in [0.25, 0.3) is 5.91 Å². The summed E-state index contributed by atoms with van der Waals surface area (Å²) in [4.78, 5) is 11.7. The molecule has 0 aliphatic rings. The summed E-state index contributed by atoms with van der Waals surface area (Å²) >= 11 is 3.12. The van der Waals surface area contributed by atoms with Crippen LogP contribution in [-0.2, 0) is 0 Å². The van der Waals surface area contributed by atoms with Crippen molar-refractivity contribution in [3.05, 3.63) is 45.8 Å². The van der Waals surface area contributed by atoms with E-state index in [9.17, 15) is 9.18 Å². The van der Waals surface area contributed by atoms with Crippen molar-refractivity contribution in [2.45, 2.75) is 6.92 Å². The minimum atomic E-state index is -0.604. The predicted octanol–water partition coefficient (Wildman–Crippen LogP) is 3.14. The lowest BCUT2D eigenvalue weighted by Crippen LogP contribution is -2.13. The fourth-order valence-corrected chi connectivity index (χ4v) is 1.61. The van der Waals surface area contributed by atoms with E-state index >= 15 is 0 Å². The molecule has 0 atom stereocenters. The van der Waals surface area contributed by atoms with Crippen molar-refractivity contribution in [1.82, 2.24) is 5.16 Å². The summed E-state index contributed by atoms with van der Waals surface area (Å²) in [6, 6.07) is 5.75. The topological polar surface area (TPSA) is 55.1 Å². The first-order valence-electron chi connectivity index (χ1n) is 4.76. The van der Waals surface area contributed by atoms with E-state index in [1.54, 1.807) is 19.1 Å². The van der Waals surface area contributed by atoms with Gasteiger partial charge in [0.1, 0.15) is 5.82 Å². The summed E-state index contributed by atoms with van der Waals surface area (Å²) in [5, 5.41) is 6.02. The normalized spacial score (nSPS) is 10.3. The number of aromatic nitrogens is 1. The molecule has 0 bridgehead atoms. The summed E-state index contributed by atoms with van der Waals surface area (Å²) < 4.78 is 18.8. The Morgan fingerprint density at radius 2 is 2.24 bits per heavy atom. The van der Waals surface area contributed by atoms with Gasteiger partial charge in [-0.25, -0.2) is 4.39 Å². The molecule has 1 amide bonds. The number of halogens is 2. The van der Waals surface area contributed by atoms with Gasteiger partial charge in [0, 0.05) is 10.5 Å². The quantitative estimate of drug-likeness (QED) is 0.927. The summed E-state index contributed by atoms with van der Waals surface area (Å²) in [7, 11) is 0. The van der Waals surface area contributed by atoms with E-state index in [-0.39, 0.29) is 11.4 Å². The average molecular weight is 299 g/mol. The summed E-state index contributed by atoms with van der Waals surface area (Å²) in [6.45, 7) is 1.72. The summed E-state index contributed by atoms with van der Waals surface area (Å²) in [5.41, 5.74) is 0.582. The van der Waals surface area contributed by atoms with Gasteiger partial charge >= 0.3 is 0 Å². The van der Waals surface area contributed by atoms with Crippen LogP contribution in [0.5, 0.6) is 0 Å². The number of rotatable bonds is 2. The second-order valence-electron chi connectivity index (χ2n) is 3.41. The first-order valence-corrected chi connectivity index (χ1v) is 5.55. The van der Waals surface area contributed by atoms with Gasteiger partial charge < -0.3 is 4.52 Å². The standard InChI is InChI=1S/C11H8BrFN2O2/c1-6-4-10(17-15-6)14-11(16)8-3-2-7(12)5-9(8)13/h2-5H,1H3,(H,14,16). The summed E-state index contributed by atoms with van der Waals surface area (Å²) in [5.74, 6) is -0.992. The molecule has 1 N–H and O–H groups in total. The SMILES string of the molecule is Cc1cc(NC(=O)c2ccc(Br)cc2F)on1. The molecule has 2 rings (SSSR count). The molecule has 4 nitrogen and oxygen atoms in total. The zero-order chi connectivity index (χ0) is 12.4. The molecule has 88 valence electrons. The minimum absolute atomic E-state index is 0.0535. The van der Waals surface area contributed by atoms with Crippen LogP contribution in [0.4, 0.5) is 10.3 Å². The Bertz CT molecular complexity index is 568. The van der Waals surface area contributed by atoms with Crippen molar-refractivity contribution in [3.63, 3.8) is 0 Å². The number of nitrogens with zero attached hydrogens (tertiary/aromatic N) is 1. The highest BCUT2D eigenvalue weighted by Crippen LogP contribution is 2.17. The van der Waals surface area contributed by atoms with Crippen LogP contribution in [0.2, 0.25) is 0 Å². The van der Waals surface area contributed by atoms with Crippen LogP contribution in [0.15, 0.2) is 33.3 Å². The van der Waals surface area contributed by atoms with Crippen LogP contribution >= 0.6 is 15.9 Å². The first kappa shape index (κ1) is 11.8. The lowest BCUT2D eigenvalue weighted by Gasteiger charge is -2.02. The first-order chi connectivity index (χ1) is 8.06. The van der Waals surface area contributed by atoms with Crippen molar-refractivity contribution in [2.24, 2.45) is 0 Å². The van der Waals surface area contributed by atoms with Gasteiger partial charge in [-0.15, -0.1) is 0 Å². The highest BCUT2D eigenvalue weighted by molar-refractivity contribution is 9.10. The van der Waals surface area contributed by atoms with Crippen LogP contribution in [-0.4, -0.2) is 11.1 Å². The Morgan fingerprint density at radius 3 is 2.82 bits per heavy atom. The second-order valence-corrected chi connectivity index (χ2v) is 4.33. The van der Waals surface area contributed by atoms with Gasteiger partial charge in [-0.1, -0.05) is 21.1 Å². The fourth-order valence-electron chi connectivity index (χ4n) is 1.28. The number of aryl methyl sites for hydroxylation is 1. The molecule has 0 unspecified atom stereocenters. The Kier molecular flexibility index (Phi) is 3.23. The number of nitrogens with one attached hydrogen (secondary N) is 1. The minimum Gasteiger partial charge on any atom is -0.338 e. The molecule has 0 saturated heterocycles. The third-order valence-electron chi connectivity index (χ3n) is 2.04. The molecule has 1 aromatic carbocycles. The van der Waals surface area contributed by atoms with E-state index < -0.39 is 11.7 Å². The van der Waals surface area contributed by atoms with Crippen molar-refractivity contribution >= 4 is 27.7 Å². The van der Waals surface area contributed by atoms with Crippen LogP contribution in [0, 0.1) is 12.7 Å². The highest BCUT2D eigenvalue weighted by Gasteiger charge is 2.13. The van der Waals surface area contributed by atoms with E-state index in [0.29, 0.717) is 10.2 Å². The molecule has 0 radical (unpaired) electrons. The predicted molar refractivity (Wildman–Crippen MR) is 63.3 cm³/mol. The van der Waals surface area contributed by atoms with Gasteiger partial charge in [0.05, 0.1) is 11.3 Å². The monoisotopic (exact) mass is 298 g/mol. The molecule has 0 fully saturated rings. The van der Waals surface area contributed by atoms with E-state index in [4.69, 9.17) is 4.52 Å². The van der Waals surface area contributed by atoms with Gasteiger partial charge in [0.2, 0.25) is 5.88 Å². The molecule has 2 aromatic rings. The Balaban J connectivity index is 2.20. The number of benzene rings is 1. The number of carbonyl (C=O) groups excluding carboxylic acids is 1. The number of amides is 1.